The molecule has 0 aliphatic rings. The number of hydrogen-bond acceptors (Lipinski definition) is 4. The van der Waals surface area contributed by atoms with Gasteiger partial charge in [0, 0.05) is 19.0 Å². The Balaban J connectivity index is 1.42. The zero-order valence-corrected chi connectivity index (χ0v) is 16.4. The van der Waals surface area contributed by atoms with Gasteiger partial charge in [0.25, 0.3) is 0 Å². The summed E-state index contributed by atoms with van der Waals surface area (Å²) in [6.45, 7) is 2.08. The summed E-state index contributed by atoms with van der Waals surface area (Å²) in [4.78, 5) is 31.9. The molecule has 0 radical (unpaired) electrons. The second kappa shape index (κ2) is 9.54. The molecule has 2 amide bonds. The molecule has 2 aromatic carbocycles. The molecule has 1 aromatic heterocycles. The van der Waals surface area contributed by atoms with Crippen molar-refractivity contribution in [2.24, 2.45) is 0 Å². The van der Waals surface area contributed by atoms with Gasteiger partial charge in [0.05, 0.1) is 18.1 Å². The number of ether oxygens (including phenoxy) is 1. The van der Waals surface area contributed by atoms with Gasteiger partial charge in [0.2, 0.25) is 11.8 Å². The van der Waals surface area contributed by atoms with Crippen molar-refractivity contribution in [2.45, 2.75) is 19.4 Å². The van der Waals surface area contributed by atoms with Gasteiger partial charge in [0.15, 0.2) is 0 Å². The van der Waals surface area contributed by atoms with E-state index >= 15 is 0 Å². The lowest BCUT2D eigenvalue weighted by molar-refractivity contribution is -0.126. The van der Waals surface area contributed by atoms with E-state index in [0.29, 0.717) is 13.0 Å². The van der Waals surface area contributed by atoms with Gasteiger partial charge < -0.3 is 20.4 Å². The number of hydrogen-bond donors (Lipinski definition) is 3. The summed E-state index contributed by atoms with van der Waals surface area (Å²) in [5.74, 6) is 0.984. The number of imidazole rings is 1. The van der Waals surface area contributed by atoms with Crippen LogP contribution >= 0.6 is 0 Å². The van der Waals surface area contributed by atoms with Crippen LogP contribution in [-0.4, -0.2) is 41.5 Å². The summed E-state index contributed by atoms with van der Waals surface area (Å²) in [6, 6.07) is 14.5. The molecule has 7 heteroatoms. The van der Waals surface area contributed by atoms with Gasteiger partial charge in [-0.2, -0.15) is 0 Å². The fraction of sp³-hybridized carbons (Fsp3) is 0.227. The number of aromatic amines is 1. The van der Waals surface area contributed by atoms with Crippen LogP contribution < -0.4 is 15.4 Å². The summed E-state index contributed by atoms with van der Waals surface area (Å²) < 4.78 is 5.10. The minimum atomic E-state index is -0.640. The third-order valence-electron chi connectivity index (χ3n) is 4.39. The van der Waals surface area contributed by atoms with E-state index in [4.69, 9.17) is 4.74 Å². The lowest BCUT2D eigenvalue weighted by Crippen LogP contribution is -2.44. The zero-order valence-electron chi connectivity index (χ0n) is 16.4. The maximum atomic E-state index is 12.2. The molecular formula is C22H24N4O3. The van der Waals surface area contributed by atoms with Crippen molar-refractivity contribution >= 4 is 28.9 Å². The number of H-pyrrole nitrogens is 1. The van der Waals surface area contributed by atoms with Crippen LogP contribution in [0, 0.1) is 0 Å². The molecule has 0 aliphatic heterocycles. The van der Waals surface area contributed by atoms with Crippen LogP contribution in [0.15, 0.2) is 54.6 Å². The predicted molar refractivity (Wildman–Crippen MR) is 112 cm³/mol. The van der Waals surface area contributed by atoms with E-state index in [1.165, 1.54) is 6.08 Å². The number of methoxy groups -OCH3 is 1. The van der Waals surface area contributed by atoms with E-state index in [1.807, 2.05) is 48.5 Å². The summed E-state index contributed by atoms with van der Waals surface area (Å²) in [5, 5.41) is 5.47. The Morgan fingerprint density at radius 1 is 1.17 bits per heavy atom. The van der Waals surface area contributed by atoms with Crippen molar-refractivity contribution in [1.29, 1.82) is 0 Å². The van der Waals surface area contributed by atoms with Gasteiger partial charge in [-0.05, 0) is 42.8 Å². The summed E-state index contributed by atoms with van der Waals surface area (Å²) in [5.41, 5.74) is 2.74. The molecule has 0 aliphatic carbocycles. The lowest BCUT2D eigenvalue weighted by Gasteiger charge is -2.12. The fourth-order valence-electron chi connectivity index (χ4n) is 2.80. The number of nitrogens with zero attached hydrogens (tertiary/aromatic N) is 1. The van der Waals surface area contributed by atoms with Gasteiger partial charge in [-0.25, -0.2) is 4.98 Å². The summed E-state index contributed by atoms with van der Waals surface area (Å²) in [7, 11) is 1.60. The first-order chi connectivity index (χ1) is 14.0. The number of aromatic nitrogens is 2. The highest BCUT2D eigenvalue weighted by Gasteiger charge is 2.14. The molecule has 29 heavy (non-hydrogen) atoms. The van der Waals surface area contributed by atoms with E-state index in [2.05, 4.69) is 20.6 Å². The van der Waals surface area contributed by atoms with E-state index in [0.717, 1.165) is 28.2 Å². The molecule has 0 fully saturated rings. The lowest BCUT2D eigenvalue weighted by atomic mass is 10.2. The first-order valence-corrected chi connectivity index (χ1v) is 9.39. The Morgan fingerprint density at radius 3 is 2.66 bits per heavy atom. The third kappa shape index (κ3) is 5.68. The van der Waals surface area contributed by atoms with Gasteiger partial charge in [-0.1, -0.05) is 24.3 Å². The van der Waals surface area contributed by atoms with E-state index in [9.17, 15) is 9.59 Å². The Bertz CT molecular complexity index is 975. The highest BCUT2D eigenvalue weighted by Crippen LogP contribution is 2.12. The summed E-state index contributed by atoms with van der Waals surface area (Å²) in [6.07, 6.45) is 3.67. The number of rotatable bonds is 8. The average molecular weight is 392 g/mol. The van der Waals surface area contributed by atoms with Crippen molar-refractivity contribution in [1.82, 2.24) is 20.6 Å². The highest BCUT2D eigenvalue weighted by atomic mass is 16.5. The standard InChI is InChI=1S/C22H24N4O3/c1-15(24-21(27)12-9-16-7-10-17(29-2)11-8-16)22(28)23-14-13-20-25-18-5-3-4-6-19(18)26-20/h3-12,15H,13-14H2,1-2H3,(H,23,28)(H,24,27)(H,25,26)/b12-9+. The molecule has 3 rings (SSSR count). The maximum Gasteiger partial charge on any atom is 0.244 e. The van der Waals surface area contributed by atoms with Crippen LogP contribution in [-0.2, 0) is 16.0 Å². The number of benzene rings is 2. The molecule has 1 heterocycles. The molecule has 0 spiro atoms. The molecule has 3 aromatic rings. The highest BCUT2D eigenvalue weighted by molar-refractivity contribution is 5.95. The molecule has 1 unspecified atom stereocenters. The monoisotopic (exact) mass is 392 g/mol. The number of nitrogens with one attached hydrogen (secondary N) is 3. The molecule has 3 N–H and O–H groups in total. The Morgan fingerprint density at radius 2 is 1.93 bits per heavy atom. The number of para-hydroxylation sites is 2. The molecule has 0 saturated heterocycles. The van der Waals surface area contributed by atoms with Crippen molar-refractivity contribution in [3.05, 3.63) is 66.0 Å². The number of carbonyl (C=O) groups excluding carboxylic acids is 2. The van der Waals surface area contributed by atoms with Crippen molar-refractivity contribution in [2.75, 3.05) is 13.7 Å². The van der Waals surface area contributed by atoms with E-state index in [-0.39, 0.29) is 11.8 Å². The van der Waals surface area contributed by atoms with Crippen molar-refractivity contribution in [3.63, 3.8) is 0 Å². The number of amides is 2. The van der Waals surface area contributed by atoms with Gasteiger partial charge in [-0.3, -0.25) is 9.59 Å². The predicted octanol–water partition coefficient (Wildman–Crippen LogP) is 2.45. The first-order valence-electron chi connectivity index (χ1n) is 9.39. The smallest absolute Gasteiger partial charge is 0.244 e. The van der Waals surface area contributed by atoms with E-state index in [1.54, 1.807) is 20.1 Å². The molecular weight excluding hydrogens is 368 g/mol. The van der Waals surface area contributed by atoms with Gasteiger partial charge in [-0.15, -0.1) is 0 Å². The third-order valence-corrected chi connectivity index (χ3v) is 4.39. The minimum Gasteiger partial charge on any atom is -0.497 e. The van der Waals surface area contributed by atoms with Crippen LogP contribution in [0.3, 0.4) is 0 Å². The topological polar surface area (TPSA) is 96.1 Å². The Hall–Kier alpha value is -3.61. The number of fused-ring (bicyclic) bond motifs is 1. The molecule has 7 nitrogen and oxygen atoms in total. The summed E-state index contributed by atoms with van der Waals surface area (Å²) >= 11 is 0. The van der Waals surface area contributed by atoms with Gasteiger partial charge in [0.1, 0.15) is 17.6 Å². The maximum absolute atomic E-state index is 12.2. The van der Waals surface area contributed by atoms with Gasteiger partial charge >= 0.3 is 0 Å². The minimum absolute atomic E-state index is 0.243. The number of carbonyl (C=O) groups is 2. The molecule has 0 saturated carbocycles. The first kappa shape index (κ1) is 20.1. The van der Waals surface area contributed by atoms with Crippen LogP contribution in [0.1, 0.15) is 18.3 Å². The SMILES string of the molecule is COc1ccc(/C=C/C(=O)NC(C)C(=O)NCCc2nc3ccccc3[nH]2)cc1. The largest absolute Gasteiger partial charge is 0.497 e. The van der Waals surface area contributed by atoms with Crippen molar-refractivity contribution < 1.29 is 14.3 Å². The molecule has 0 bridgehead atoms. The van der Waals surface area contributed by atoms with Crippen LogP contribution in [0.2, 0.25) is 0 Å². The van der Waals surface area contributed by atoms with Crippen LogP contribution in [0.5, 0.6) is 5.75 Å². The second-order valence-electron chi connectivity index (χ2n) is 6.58. The zero-order chi connectivity index (χ0) is 20.6. The Kier molecular flexibility index (Phi) is 6.63. The van der Waals surface area contributed by atoms with E-state index < -0.39 is 6.04 Å². The van der Waals surface area contributed by atoms with Crippen LogP contribution in [0.4, 0.5) is 0 Å². The Labute approximate surface area is 169 Å². The second-order valence-corrected chi connectivity index (χ2v) is 6.58. The average Bonchev–Trinajstić information content (AvgIpc) is 3.15. The quantitative estimate of drug-likeness (QED) is 0.513. The molecule has 1 atom stereocenters. The van der Waals surface area contributed by atoms with Crippen molar-refractivity contribution in [3.8, 4) is 5.75 Å². The fourth-order valence-corrected chi connectivity index (χ4v) is 2.80. The normalized spacial score (nSPS) is 12.1. The van der Waals surface area contributed by atoms with Crippen LogP contribution in [0.25, 0.3) is 17.1 Å². The molecule has 150 valence electrons.